The normalized spacial score (nSPS) is 10.7. The van der Waals surface area contributed by atoms with E-state index < -0.39 is 0 Å². The maximum atomic E-state index is 5.25. The van der Waals surface area contributed by atoms with Crippen molar-refractivity contribution in [2.45, 2.75) is 26.2 Å². The molecule has 0 atom stereocenters. The zero-order valence-corrected chi connectivity index (χ0v) is 9.62. The molecule has 0 radical (unpaired) electrons. The Morgan fingerprint density at radius 1 is 1.27 bits per heavy atom. The third-order valence-corrected chi connectivity index (χ3v) is 2.40. The van der Waals surface area contributed by atoms with Crippen molar-refractivity contribution in [2.75, 3.05) is 13.7 Å². The van der Waals surface area contributed by atoms with Crippen LogP contribution in [-0.2, 0) is 11.3 Å². The van der Waals surface area contributed by atoms with Crippen molar-refractivity contribution in [1.82, 2.24) is 0 Å². The van der Waals surface area contributed by atoms with Gasteiger partial charge in [-0.15, -0.1) is 0 Å². The molecule has 0 aliphatic carbocycles. The number of ether oxygens (including phenoxy) is 1. The molecular weight excluding hydrogens is 190 g/mol. The molecule has 0 spiro atoms. The van der Waals surface area contributed by atoms with Gasteiger partial charge in [-0.05, 0) is 35.6 Å². The van der Waals surface area contributed by atoms with Crippen molar-refractivity contribution in [2.24, 2.45) is 5.90 Å². The first-order valence-electron chi connectivity index (χ1n) is 5.17. The Bertz CT molecular complexity index is 310. The minimum absolute atomic E-state index is 0.498. The minimum atomic E-state index is 0.498. The summed E-state index contributed by atoms with van der Waals surface area (Å²) in [6.07, 6.45) is 0.813. The van der Waals surface area contributed by atoms with Crippen molar-refractivity contribution in [1.29, 1.82) is 0 Å². The van der Waals surface area contributed by atoms with E-state index in [0.717, 1.165) is 12.2 Å². The number of hydrogen-bond donors (Lipinski definition) is 1. The maximum Gasteiger partial charge on any atom is 0.119 e. The molecule has 0 bridgehead atoms. The molecule has 1 rings (SSSR count). The van der Waals surface area contributed by atoms with Crippen LogP contribution in [-0.4, -0.2) is 13.7 Å². The van der Waals surface area contributed by atoms with E-state index in [4.69, 9.17) is 10.6 Å². The second kappa shape index (κ2) is 5.73. The van der Waals surface area contributed by atoms with Gasteiger partial charge in [-0.2, -0.15) is 0 Å². The van der Waals surface area contributed by atoms with Gasteiger partial charge >= 0.3 is 0 Å². The van der Waals surface area contributed by atoms with Crippen LogP contribution in [0.25, 0.3) is 0 Å². The van der Waals surface area contributed by atoms with Crippen LogP contribution in [0.2, 0.25) is 0 Å². The van der Waals surface area contributed by atoms with E-state index in [1.807, 2.05) is 6.07 Å². The lowest BCUT2D eigenvalue weighted by atomic mass is 9.99. The molecule has 3 nitrogen and oxygen atoms in total. The summed E-state index contributed by atoms with van der Waals surface area (Å²) in [5.74, 6) is 6.41. The highest BCUT2D eigenvalue weighted by Crippen LogP contribution is 2.23. The minimum Gasteiger partial charge on any atom is -0.497 e. The highest BCUT2D eigenvalue weighted by molar-refractivity contribution is 5.36. The molecule has 0 aliphatic heterocycles. The zero-order chi connectivity index (χ0) is 11.3. The Balaban J connectivity index is 2.90. The summed E-state index contributed by atoms with van der Waals surface area (Å²) in [4.78, 5) is 4.58. The van der Waals surface area contributed by atoms with E-state index in [1.165, 1.54) is 11.1 Å². The van der Waals surface area contributed by atoms with E-state index in [0.29, 0.717) is 12.5 Å². The lowest BCUT2D eigenvalue weighted by Gasteiger charge is -2.11. The van der Waals surface area contributed by atoms with E-state index in [1.54, 1.807) is 7.11 Å². The average Bonchev–Trinajstić information content (AvgIpc) is 2.25. The van der Waals surface area contributed by atoms with Gasteiger partial charge in [-0.1, -0.05) is 19.9 Å². The van der Waals surface area contributed by atoms with Crippen LogP contribution in [0, 0.1) is 0 Å². The number of benzene rings is 1. The Kier molecular flexibility index (Phi) is 4.59. The van der Waals surface area contributed by atoms with Crippen molar-refractivity contribution < 1.29 is 9.57 Å². The molecule has 0 aromatic heterocycles. The van der Waals surface area contributed by atoms with Gasteiger partial charge in [-0.25, -0.2) is 5.90 Å². The first-order chi connectivity index (χ1) is 7.17. The van der Waals surface area contributed by atoms with Crippen LogP contribution in [0.1, 0.15) is 30.9 Å². The number of rotatable bonds is 5. The summed E-state index contributed by atoms with van der Waals surface area (Å²) in [5.41, 5.74) is 2.48. The molecule has 0 heterocycles. The summed E-state index contributed by atoms with van der Waals surface area (Å²) < 4.78 is 5.25. The monoisotopic (exact) mass is 209 g/mol. The molecule has 0 saturated carbocycles. The molecule has 3 heteroatoms. The van der Waals surface area contributed by atoms with E-state index in [-0.39, 0.29) is 0 Å². The maximum absolute atomic E-state index is 5.25. The van der Waals surface area contributed by atoms with Crippen LogP contribution in [0.15, 0.2) is 18.2 Å². The fourth-order valence-corrected chi connectivity index (χ4v) is 1.46. The Hall–Kier alpha value is -1.06. The van der Waals surface area contributed by atoms with Crippen molar-refractivity contribution in [3.8, 4) is 5.75 Å². The topological polar surface area (TPSA) is 44.5 Å². The fourth-order valence-electron chi connectivity index (χ4n) is 1.46. The molecule has 2 N–H and O–H groups in total. The van der Waals surface area contributed by atoms with Crippen LogP contribution in [0.5, 0.6) is 5.75 Å². The van der Waals surface area contributed by atoms with Gasteiger partial charge in [0, 0.05) is 0 Å². The van der Waals surface area contributed by atoms with Gasteiger partial charge < -0.3 is 9.57 Å². The summed E-state index contributed by atoms with van der Waals surface area (Å²) in [6, 6.07) is 6.26. The molecule has 0 amide bonds. The van der Waals surface area contributed by atoms with Crippen LogP contribution in [0.3, 0.4) is 0 Å². The second-order valence-electron chi connectivity index (χ2n) is 3.89. The first-order valence-corrected chi connectivity index (χ1v) is 5.17. The van der Waals surface area contributed by atoms with E-state index >= 15 is 0 Å². The predicted octanol–water partition coefficient (Wildman–Crippen LogP) is 2.25. The van der Waals surface area contributed by atoms with Crippen molar-refractivity contribution in [3.05, 3.63) is 29.3 Å². The van der Waals surface area contributed by atoms with Gasteiger partial charge in [0.25, 0.3) is 0 Å². The third kappa shape index (κ3) is 3.53. The number of hydrogen-bond acceptors (Lipinski definition) is 3. The van der Waals surface area contributed by atoms with Crippen molar-refractivity contribution in [3.63, 3.8) is 0 Å². The fraction of sp³-hybridized carbons (Fsp3) is 0.500. The quantitative estimate of drug-likeness (QED) is 0.756. The Morgan fingerprint density at radius 3 is 2.53 bits per heavy atom. The molecule has 0 unspecified atom stereocenters. The van der Waals surface area contributed by atoms with Gasteiger partial charge in [0.2, 0.25) is 0 Å². The first kappa shape index (κ1) is 12.0. The molecule has 0 aliphatic rings. The van der Waals surface area contributed by atoms with Crippen molar-refractivity contribution >= 4 is 0 Å². The van der Waals surface area contributed by atoms with Crippen LogP contribution < -0.4 is 10.6 Å². The SMILES string of the molecule is COc1cc(CCON)cc(C(C)C)c1. The third-order valence-electron chi connectivity index (χ3n) is 2.40. The number of methoxy groups -OCH3 is 1. The Labute approximate surface area is 91.1 Å². The molecule has 84 valence electrons. The summed E-state index contributed by atoms with van der Waals surface area (Å²) >= 11 is 0. The summed E-state index contributed by atoms with van der Waals surface area (Å²) in [7, 11) is 1.68. The predicted molar refractivity (Wildman–Crippen MR) is 60.9 cm³/mol. The molecule has 1 aromatic rings. The van der Waals surface area contributed by atoms with Crippen LogP contribution >= 0.6 is 0 Å². The van der Waals surface area contributed by atoms with Gasteiger partial charge in [0.1, 0.15) is 5.75 Å². The van der Waals surface area contributed by atoms with Gasteiger partial charge in [-0.3, -0.25) is 0 Å². The largest absolute Gasteiger partial charge is 0.497 e. The molecule has 0 fully saturated rings. The summed E-state index contributed by atoms with van der Waals surface area (Å²) in [6.45, 7) is 4.86. The Morgan fingerprint density at radius 2 is 2.00 bits per heavy atom. The molecule has 0 saturated heterocycles. The van der Waals surface area contributed by atoms with Gasteiger partial charge in [0.15, 0.2) is 0 Å². The zero-order valence-electron chi connectivity index (χ0n) is 9.62. The lowest BCUT2D eigenvalue weighted by Crippen LogP contribution is -2.04. The summed E-state index contributed by atoms with van der Waals surface area (Å²) in [5, 5.41) is 0. The van der Waals surface area contributed by atoms with Gasteiger partial charge in [0.05, 0.1) is 13.7 Å². The van der Waals surface area contributed by atoms with E-state index in [2.05, 4.69) is 30.8 Å². The molecular formula is C12H19NO2. The second-order valence-corrected chi connectivity index (χ2v) is 3.89. The average molecular weight is 209 g/mol. The lowest BCUT2D eigenvalue weighted by molar-refractivity contribution is 0.141. The van der Waals surface area contributed by atoms with Crippen LogP contribution in [0.4, 0.5) is 0 Å². The molecule has 15 heavy (non-hydrogen) atoms. The molecule has 1 aromatic carbocycles. The highest BCUT2D eigenvalue weighted by Gasteiger charge is 2.04. The standard InChI is InChI=1S/C12H19NO2/c1-9(2)11-6-10(4-5-15-13)7-12(8-11)14-3/h6-9H,4-5,13H2,1-3H3. The highest BCUT2D eigenvalue weighted by atomic mass is 16.6. The smallest absolute Gasteiger partial charge is 0.119 e. The number of nitrogens with two attached hydrogens (primary N) is 1. The van der Waals surface area contributed by atoms with E-state index in [9.17, 15) is 0 Å².